The van der Waals surface area contributed by atoms with Gasteiger partial charge < -0.3 is 25.6 Å². The third-order valence-electron chi connectivity index (χ3n) is 3.49. The van der Waals surface area contributed by atoms with Crippen molar-refractivity contribution < 1.29 is 13.9 Å². The fourth-order valence-corrected chi connectivity index (χ4v) is 2.23. The summed E-state index contributed by atoms with van der Waals surface area (Å²) in [4.78, 5) is 17.4. The Morgan fingerprint density at radius 1 is 1.18 bits per heavy atom. The molecule has 0 fully saturated rings. The summed E-state index contributed by atoms with van der Waals surface area (Å²) in [6, 6.07) is 5.15. The number of carbonyl (C=O) groups excluding carboxylic acids is 1. The van der Waals surface area contributed by atoms with E-state index in [0.717, 1.165) is 5.56 Å². The number of nitrogens with one attached hydrogen (secondary N) is 3. The van der Waals surface area contributed by atoms with E-state index in [9.17, 15) is 9.18 Å². The maximum atomic E-state index is 14.0. The number of hydrogen-bond acceptors (Lipinski definition) is 4. The molecule has 0 bridgehead atoms. The molecule has 0 saturated carbocycles. The predicted molar refractivity (Wildman–Crippen MR) is 123 cm³/mol. The molecule has 0 saturated heterocycles. The van der Waals surface area contributed by atoms with Crippen LogP contribution in [0.15, 0.2) is 23.2 Å². The fourth-order valence-electron chi connectivity index (χ4n) is 2.23. The van der Waals surface area contributed by atoms with Crippen molar-refractivity contribution in [3.05, 3.63) is 29.6 Å². The summed E-state index contributed by atoms with van der Waals surface area (Å²) in [5, 5.41) is 8.99. The van der Waals surface area contributed by atoms with E-state index in [-0.39, 0.29) is 29.8 Å². The van der Waals surface area contributed by atoms with Gasteiger partial charge in [-0.05, 0) is 44.9 Å². The minimum absolute atomic E-state index is 0. The van der Waals surface area contributed by atoms with Crippen molar-refractivity contribution in [1.82, 2.24) is 16.0 Å². The molecule has 0 aromatic heterocycles. The van der Waals surface area contributed by atoms with Gasteiger partial charge in [0, 0.05) is 40.8 Å². The molecule has 1 aromatic rings. The first-order valence-corrected chi connectivity index (χ1v) is 8.99. The third-order valence-corrected chi connectivity index (χ3v) is 3.49. The molecule has 1 amide bonds. The highest BCUT2D eigenvalue weighted by atomic mass is 127. The van der Waals surface area contributed by atoms with E-state index in [1.807, 2.05) is 26.8 Å². The second kappa shape index (κ2) is 12.6. The zero-order chi connectivity index (χ0) is 20.4. The minimum Gasteiger partial charge on any atom is -0.444 e. The Morgan fingerprint density at radius 2 is 1.82 bits per heavy atom. The second-order valence-electron chi connectivity index (χ2n) is 7.31. The van der Waals surface area contributed by atoms with Crippen LogP contribution in [0.1, 0.15) is 32.8 Å². The van der Waals surface area contributed by atoms with Gasteiger partial charge in [-0.1, -0.05) is 6.07 Å². The zero-order valence-electron chi connectivity index (χ0n) is 17.6. The molecule has 0 aliphatic rings. The first-order chi connectivity index (χ1) is 12.6. The van der Waals surface area contributed by atoms with Crippen LogP contribution < -0.4 is 20.9 Å². The number of alkyl carbamates (subject to hydrolysis) is 1. The van der Waals surface area contributed by atoms with Crippen LogP contribution in [0.4, 0.5) is 14.9 Å². The van der Waals surface area contributed by atoms with Gasteiger partial charge in [0.2, 0.25) is 0 Å². The molecule has 9 heteroatoms. The maximum Gasteiger partial charge on any atom is 0.407 e. The summed E-state index contributed by atoms with van der Waals surface area (Å²) < 4.78 is 19.2. The minimum atomic E-state index is -0.501. The number of halogens is 2. The molecular weight excluding hydrogens is 476 g/mol. The van der Waals surface area contributed by atoms with Crippen LogP contribution in [0.5, 0.6) is 0 Å². The van der Waals surface area contributed by atoms with Crippen molar-refractivity contribution in [3.63, 3.8) is 0 Å². The quantitative estimate of drug-likeness (QED) is 0.228. The summed E-state index contributed by atoms with van der Waals surface area (Å²) in [5.74, 6) is 0.361. The van der Waals surface area contributed by atoms with Crippen molar-refractivity contribution >= 4 is 41.7 Å². The molecule has 0 heterocycles. The lowest BCUT2D eigenvalue weighted by molar-refractivity contribution is 0.0527. The van der Waals surface area contributed by atoms with E-state index in [1.165, 1.54) is 6.07 Å². The third kappa shape index (κ3) is 10.5. The first-order valence-electron chi connectivity index (χ1n) is 8.99. The topological polar surface area (TPSA) is 78.0 Å². The van der Waals surface area contributed by atoms with Crippen LogP contribution in [-0.2, 0) is 11.3 Å². The van der Waals surface area contributed by atoms with E-state index in [1.54, 1.807) is 32.1 Å². The molecule has 28 heavy (non-hydrogen) atoms. The number of rotatable bonds is 7. The van der Waals surface area contributed by atoms with Crippen LogP contribution in [0.3, 0.4) is 0 Å². The highest BCUT2D eigenvalue weighted by molar-refractivity contribution is 14.0. The van der Waals surface area contributed by atoms with E-state index in [4.69, 9.17) is 4.74 Å². The lowest BCUT2D eigenvalue weighted by Crippen LogP contribution is -2.39. The maximum absolute atomic E-state index is 14.0. The molecule has 7 nitrogen and oxygen atoms in total. The van der Waals surface area contributed by atoms with Gasteiger partial charge in [-0.3, -0.25) is 4.99 Å². The largest absolute Gasteiger partial charge is 0.444 e. The number of carbonyl (C=O) groups is 1. The van der Waals surface area contributed by atoms with E-state index in [0.29, 0.717) is 37.7 Å². The van der Waals surface area contributed by atoms with Crippen LogP contribution in [-0.4, -0.2) is 51.9 Å². The second-order valence-corrected chi connectivity index (χ2v) is 7.31. The number of amides is 1. The van der Waals surface area contributed by atoms with Crippen LogP contribution >= 0.6 is 24.0 Å². The monoisotopic (exact) mass is 509 g/mol. The Hall–Kier alpha value is -1.78. The molecule has 0 unspecified atom stereocenters. The molecule has 0 spiro atoms. The predicted octanol–water partition coefficient (Wildman–Crippen LogP) is 3.09. The molecule has 1 rings (SSSR count). The molecule has 0 atom stereocenters. The van der Waals surface area contributed by atoms with Crippen molar-refractivity contribution in [3.8, 4) is 0 Å². The lowest BCUT2D eigenvalue weighted by atomic mass is 10.2. The van der Waals surface area contributed by atoms with Gasteiger partial charge in [-0.2, -0.15) is 0 Å². The molecule has 0 radical (unpaired) electrons. The zero-order valence-corrected chi connectivity index (χ0v) is 19.9. The van der Waals surface area contributed by atoms with Gasteiger partial charge in [0.15, 0.2) is 5.96 Å². The van der Waals surface area contributed by atoms with Gasteiger partial charge in [-0.25, -0.2) is 9.18 Å². The fraction of sp³-hybridized carbons (Fsp3) is 0.579. The molecule has 1 aromatic carbocycles. The van der Waals surface area contributed by atoms with Crippen molar-refractivity contribution in [2.45, 2.75) is 39.3 Å². The first kappa shape index (κ1) is 26.2. The summed E-state index contributed by atoms with van der Waals surface area (Å²) in [5.41, 5.74) is 0.879. The standard InChI is InChI=1S/C19H32FN5O2.HI/c1-19(2,3)27-18(26)23-11-7-10-22-17(21-4)24-13-14-8-9-16(25(5)6)15(20)12-14;/h8-9,12H,7,10-11,13H2,1-6H3,(H,23,26)(H2,21,22,24);1H. The average molecular weight is 509 g/mol. The number of benzene rings is 1. The number of anilines is 1. The molecule has 3 N–H and O–H groups in total. The number of guanidine groups is 1. The Labute approximate surface area is 184 Å². The summed E-state index contributed by atoms with van der Waals surface area (Å²) in [7, 11) is 5.28. The van der Waals surface area contributed by atoms with Crippen molar-refractivity contribution in [2.75, 3.05) is 39.1 Å². The van der Waals surface area contributed by atoms with Crippen molar-refractivity contribution in [1.29, 1.82) is 0 Å². The van der Waals surface area contributed by atoms with Crippen LogP contribution in [0.2, 0.25) is 0 Å². The Balaban J connectivity index is 0.00000729. The lowest BCUT2D eigenvalue weighted by Gasteiger charge is -2.19. The number of hydrogen-bond donors (Lipinski definition) is 3. The summed E-state index contributed by atoms with van der Waals surface area (Å²) in [6.07, 6.45) is 0.291. The normalized spacial score (nSPS) is 11.3. The molecular formula is C19H33FIN5O2. The smallest absolute Gasteiger partial charge is 0.407 e. The van der Waals surface area contributed by atoms with E-state index >= 15 is 0 Å². The summed E-state index contributed by atoms with van der Waals surface area (Å²) >= 11 is 0. The number of ether oxygens (including phenoxy) is 1. The Kier molecular flexibility index (Phi) is 11.8. The van der Waals surface area contributed by atoms with Gasteiger partial charge in [-0.15, -0.1) is 24.0 Å². The van der Waals surface area contributed by atoms with E-state index in [2.05, 4.69) is 20.9 Å². The van der Waals surface area contributed by atoms with Gasteiger partial charge >= 0.3 is 6.09 Å². The Bertz CT molecular complexity index is 648. The number of aliphatic imine (C=N–C) groups is 1. The van der Waals surface area contributed by atoms with Gasteiger partial charge in [0.05, 0.1) is 5.69 Å². The molecule has 160 valence electrons. The molecule has 0 aliphatic carbocycles. The van der Waals surface area contributed by atoms with Gasteiger partial charge in [0.25, 0.3) is 0 Å². The van der Waals surface area contributed by atoms with Crippen LogP contribution in [0.25, 0.3) is 0 Å². The van der Waals surface area contributed by atoms with Crippen molar-refractivity contribution in [2.24, 2.45) is 4.99 Å². The highest BCUT2D eigenvalue weighted by Gasteiger charge is 2.15. The SMILES string of the molecule is CN=C(NCCCNC(=O)OC(C)(C)C)NCc1ccc(N(C)C)c(F)c1.I. The highest BCUT2D eigenvalue weighted by Crippen LogP contribution is 2.18. The van der Waals surface area contributed by atoms with Gasteiger partial charge in [0.1, 0.15) is 11.4 Å². The average Bonchev–Trinajstić information content (AvgIpc) is 2.55. The summed E-state index contributed by atoms with van der Waals surface area (Å²) in [6.45, 7) is 7.05. The van der Waals surface area contributed by atoms with E-state index < -0.39 is 11.7 Å². The Morgan fingerprint density at radius 3 is 2.36 bits per heavy atom. The molecule has 0 aliphatic heterocycles. The number of nitrogens with zero attached hydrogens (tertiary/aromatic N) is 2. The van der Waals surface area contributed by atoms with Crippen LogP contribution in [0, 0.1) is 5.82 Å².